The molecule has 0 saturated heterocycles. The van der Waals surface area contributed by atoms with E-state index >= 15 is 0 Å². The van der Waals surface area contributed by atoms with Crippen LogP contribution in [0.5, 0.6) is 17.2 Å². The number of nitrogens with one attached hydrogen (secondary N) is 1. The summed E-state index contributed by atoms with van der Waals surface area (Å²) in [5, 5.41) is 14.3. The molecule has 0 amide bonds. The Balaban J connectivity index is 1.63. The van der Waals surface area contributed by atoms with Gasteiger partial charge in [0.25, 0.3) is 0 Å². The van der Waals surface area contributed by atoms with Crippen LogP contribution in [0.3, 0.4) is 0 Å². The number of fused-ring (bicyclic) bond motifs is 1. The third kappa shape index (κ3) is 2.83. The van der Waals surface area contributed by atoms with Crippen LogP contribution in [0, 0.1) is 0 Å². The molecule has 0 spiro atoms. The molecule has 1 aromatic rings. The molecule has 110 valence electrons. The zero-order valence-electron chi connectivity index (χ0n) is 11.7. The zero-order chi connectivity index (χ0) is 13.9. The summed E-state index contributed by atoms with van der Waals surface area (Å²) < 4.78 is 10.6. The quantitative estimate of drug-likeness (QED) is 0.875. The van der Waals surface area contributed by atoms with E-state index in [1.54, 1.807) is 6.07 Å². The summed E-state index contributed by atoms with van der Waals surface area (Å²) in [4.78, 5) is 0. The maximum atomic E-state index is 10.0. The third-order valence-corrected chi connectivity index (χ3v) is 5.29. The summed E-state index contributed by atoms with van der Waals surface area (Å²) in [6.07, 6.45) is 3.81. The van der Waals surface area contributed by atoms with Gasteiger partial charge < -0.3 is 19.9 Å². The van der Waals surface area contributed by atoms with Gasteiger partial charge in [0.05, 0.1) is 0 Å². The second-order valence-corrected chi connectivity index (χ2v) is 6.76. The lowest BCUT2D eigenvalue weighted by Crippen LogP contribution is -2.33. The lowest BCUT2D eigenvalue weighted by molar-refractivity contribution is 0.174. The predicted molar refractivity (Wildman–Crippen MR) is 80.6 cm³/mol. The van der Waals surface area contributed by atoms with Crippen molar-refractivity contribution in [1.29, 1.82) is 0 Å². The Kier molecular flexibility index (Phi) is 4.27. The first kappa shape index (κ1) is 13.9. The van der Waals surface area contributed by atoms with Gasteiger partial charge in [-0.2, -0.15) is 11.8 Å². The number of phenols is 1. The highest BCUT2D eigenvalue weighted by Crippen LogP contribution is 2.38. The molecule has 1 saturated carbocycles. The lowest BCUT2D eigenvalue weighted by Gasteiger charge is -2.20. The molecule has 1 heterocycles. The summed E-state index contributed by atoms with van der Waals surface area (Å²) in [5.41, 5.74) is 0.876. The maximum Gasteiger partial charge on any atom is 0.231 e. The van der Waals surface area contributed by atoms with Crippen molar-refractivity contribution < 1.29 is 14.6 Å². The summed E-state index contributed by atoms with van der Waals surface area (Å²) in [7, 11) is 0. The minimum atomic E-state index is 0.240. The fourth-order valence-corrected chi connectivity index (χ4v) is 4.16. The molecule has 1 aliphatic carbocycles. The van der Waals surface area contributed by atoms with Gasteiger partial charge in [-0.1, -0.05) is 13.3 Å². The number of rotatable bonds is 5. The first-order valence-electron chi connectivity index (χ1n) is 7.24. The van der Waals surface area contributed by atoms with Gasteiger partial charge in [0, 0.05) is 29.5 Å². The lowest BCUT2D eigenvalue weighted by atomic mass is 10.1. The standard InChI is InChI=1S/C15H21NO3S/c1-2-20-15-5-3-4-11(15)16-8-10-6-13-14(7-12(10)17)19-9-18-13/h6-7,11,15-17H,2-5,8-9H2,1H3. The molecule has 5 heteroatoms. The van der Waals surface area contributed by atoms with Gasteiger partial charge in [-0.3, -0.25) is 0 Å². The monoisotopic (exact) mass is 295 g/mol. The van der Waals surface area contributed by atoms with Crippen LogP contribution < -0.4 is 14.8 Å². The van der Waals surface area contributed by atoms with Crippen LogP contribution >= 0.6 is 11.8 Å². The summed E-state index contributed by atoms with van der Waals surface area (Å²) in [6.45, 7) is 3.13. The van der Waals surface area contributed by atoms with E-state index in [0.29, 0.717) is 23.6 Å². The van der Waals surface area contributed by atoms with Crippen molar-refractivity contribution in [2.75, 3.05) is 12.5 Å². The second-order valence-electron chi connectivity index (χ2n) is 5.25. The van der Waals surface area contributed by atoms with E-state index in [9.17, 15) is 5.11 Å². The van der Waals surface area contributed by atoms with Gasteiger partial charge in [-0.05, 0) is 24.7 Å². The van der Waals surface area contributed by atoms with E-state index in [4.69, 9.17) is 9.47 Å². The molecule has 0 aromatic heterocycles. The fraction of sp³-hybridized carbons (Fsp3) is 0.600. The largest absolute Gasteiger partial charge is 0.507 e. The Hall–Kier alpha value is -1.07. The molecule has 20 heavy (non-hydrogen) atoms. The number of benzene rings is 1. The molecule has 1 aromatic carbocycles. The highest BCUT2D eigenvalue weighted by Gasteiger charge is 2.27. The number of thioether (sulfide) groups is 1. The Bertz CT molecular complexity index is 480. The van der Waals surface area contributed by atoms with Crippen molar-refractivity contribution in [1.82, 2.24) is 5.32 Å². The number of hydrogen-bond acceptors (Lipinski definition) is 5. The van der Waals surface area contributed by atoms with Crippen molar-refractivity contribution in [3.05, 3.63) is 17.7 Å². The molecule has 4 nitrogen and oxygen atoms in total. The van der Waals surface area contributed by atoms with Crippen LogP contribution in [0.4, 0.5) is 0 Å². The minimum absolute atomic E-state index is 0.240. The average molecular weight is 295 g/mol. The van der Waals surface area contributed by atoms with Crippen LogP contribution in [-0.4, -0.2) is 28.9 Å². The summed E-state index contributed by atoms with van der Waals surface area (Å²) in [6, 6.07) is 4.07. The number of phenolic OH excluding ortho intramolecular Hbond substituents is 1. The molecule has 0 bridgehead atoms. The third-order valence-electron chi connectivity index (χ3n) is 3.96. The molecule has 1 aliphatic heterocycles. The maximum absolute atomic E-state index is 10.0. The molecule has 2 N–H and O–H groups in total. The van der Waals surface area contributed by atoms with Crippen molar-refractivity contribution in [3.63, 3.8) is 0 Å². The second kappa shape index (κ2) is 6.14. The van der Waals surface area contributed by atoms with Crippen molar-refractivity contribution in [2.24, 2.45) is 0 Å². The van der Waals surface area contributed by atoms with Gasteiger partial charge >= 0.3 is 0 Å². The Morgan fingerprint density at radius 1 is 1.30 bits per heavy atom. The van der Waals surface area contributed by atoms with Gasteiger partial charge in [-0.25, -0.2) is 0 Å². The van der Waals surface area contributed by atoms with E-state index in [0.717, 1.165) is 17.1 Å². The number of hydrogen-bond donors (Lipinski definition) is 2. The Morgan fingerprint density at radius 2 is 2.10 bits per heavy atom. The zero-order valence-corrected chi connectivity index (χ0v) is 12.5. The van der Waals surface area contributed by atoms with Crippen molar-refractivity contribution >= 4 is 11.8 Å². The highest BCUT2D eigenvalue weighted by molar-refractivity contribution is 7.99. The van der Waals surface area contributed by atoms with Crippen molar-refractivity contribution in [2.45, 2.75) is 44.0 Å². The molecule has 2 atom stereocenters. The molecular formula is C15H21NO3S. The van der Waals surface area contributed by atoms with E-state index < -0.39 is 0 Å². The van der Waals surface area contributed by atoms with Gasteiger partial charge in [0.2, 0.25) is 6.79 Å². The smallest absolute Gasteiger partial charge is 0.231 e. The number of aromatic hydroxyl groups is 1. The minimum Gasteiger partial charge on any atom is -0.507 e. The van der Waals surface area contributed by atoms with Crippen LogP contribution in [0.15, 0.2) is 12.1 Å². The molecule has 2 aliphatic rings. The molecular weight excluding hydrogens is 274 g/mol. The summed E-state index contributed by atoms with van der Waals surface area (Å²) in [5.74, 6) is 2.80. The van der Waals surface area contributed by atoms with Gasteiger partial charge in [0.1, 0.15) is 5.75 Å². The molecule has 1 fully saturated rings. The first-order chi connectivity index (χ1) is 9.78. The van der Waals surface area contributed by atoms with Crippen LogP contribution in [-0.2, 0) is 6.54 Å². The molecule has 0 radical (unpaired) electrons. The average Bonchev–Trinajstić information content (AvgIpc) is 3.05. The van der Waals surface area contributed by atoms with E-state index in [1.165, 1.54) is 19.3 Å². The van der Waals surface area contributed by atoms with E-state index in [2.05, 4.69) is 12.2 Å². The molecule has 2 unspecified atom stereocenters. The first-order valence-corrected chi connectivity index (χ1v) is 8.29. The van der Waals surface area contributed by atoms with Crippen molar-refractivity contribution in [3.8, 4) is 17.2 Å². The highest BCUT2D eigenvalue weighted by atomic mass is 32.2. The number of ether oxygens (including phenoxy) is 2. The van der Waals surface area contributed by atoms with Crippen LogP contribution in [0.1, 0.15) is 31.7 Å². The van der Waals surface area contributed by atoms with E-state index in [1.807, 2.05) is 17.8 Å². The van der Waals surface area contributed by atoms with Crippen LogP contribution in [0.2, 0.25) is 0 Å². The van der Waals surface area contributed by atoms with E-state index in [-0.39, 0.29) is 12.5 Å². The Morgan fingerprint density at radius 3 is 2.90 bits per heavy atom. The topological polar surface area (TPSA) is 50.7 Å². The van der Waals surface area contributed by atoms with Gasteiger partial charge in [0.15, 0.2) is 11.5 Å². The van der Waals surface area contributed by atoms with Crippen LogP contribution in [0.25, 0.3) is 0 Å². The van der Waals surface area contributed by atoms with Gasteiger partial charge in [-0.15, -0.1) is 0 Å². The summed E-state index contributed by atoms with van der Waals surface area (Å²) >= 11 is 2.04. The molecule has 3 rings (SSSR count). The normalized spacial score (nSPS) is 24.2. The predicted octanol–water partition coefficient (Wildman–Crippen LogP) is 2.88. The SMILES string of the molecule is CCSC1CCCC1NCc1cc2c(cc1O)OCO2. The Labute approximate surface area is 123 Å². The fourth-order valence-electron chi connectivity index (χ4n) is 2.93.